The van der Waals surface area contributed by atoms with Crippen LogP contribution in [0.4, 0.5) is 4.79 Å². The minimum Gasteiger partial charge on any atom is -0.493 e. The Balaban J connectivity index is 2.17. The van der Waals surface area contributed by atoms with Crippen molar-refractivity contribution in [1.29, 1.82) is 0 Å². The van der Waals surface area contributed by atoms with Crippen molar-refractivity contribution in [2.45, 2.75) is 66.0 Å². The number of aryl methyl sites for hydroxylation is 1. The zero-order valence-electron chi connectivity index (χ0n) is 22.6. The zero-order valence-corrected chi connectivity index (χ0v) is 22.6. The highest BCUT2D eigenvalue weighted by atomic mass is 16.6. The fourth-order valence-corrected chi connectivity index (χ4v) is 4.33. The molecule has 1 aliphatic heterocycles. The van der Waals surface area contributed by atoms with Crippen molar-refractivity contribution >= 4 is 12.0 Å². The molecule has 0 unspecified atom stereocenters. The van der Waals surface area contributed by atoms with Gasteiger partial charge in [0.2, 0.25) is 0 Å². The molecule has 8 nitrogen and oxygen atoms in total. The molecule has 2 rings (SSSR count). The Bertz CT molecular complexity index is 837. The molecule has 1 fully saturated rings. The molecule has 1 heterocycles. The molecular formula is C27H45N3O5. The van der Waals surface area contributed by atoms with Gasteiger partial charge in [-0.3, -0.25) is 4.79 Å². The molecular weight excluding hydrogens is 446 g/mol. The van der Waals surface area contributed by atoms with Crippen LogP contribution in [0.2, 0.25) is 0 Å². The van der Waals surface area contributed by atoms with Crippen LogP contribution < -0.4 is 10.5 Å². The average Bonchev–Trinajstić information content (AvgIpc) is 3.21. The summed E-state index contributed by atoms with van der Waals surface area (Å²) in [5.41, 5.74) is 7.18. The number of hydrogen-bond acceptors (Lipinski definition) is 6. The van der Waals surface area contributed by atoms with Gasteiger partial charge in [-0.15, -0.1) is 0 Å². The lowest BCUT2D eigenvalue weighted by Crippen LogP contribution is -2.43. The van der Waals surface area contributed by atoms with Crippen molar-refractivity contribution in [3.05, 3.63) is 29.3 Å². The van der Waals surface area contributed by atoms with Crippen molar-refractivity contribution < 1.29 is 23.8 Å². The molecule has 8 heteroatoms. The lowest BCUT2D eigenvalue weighted by atomic mass is 9.94. The SMILES string of the molecule is CCc1ccc(C(=O)N(C[C@@H]2CN(C(=O)OC(C)(C)C)C[C@H]2CN)C(C)C)cc1OCCCOC. The maximum absolute atomic E-state index is 13.6. The number of rotatable bonds is 11. The largest absolute Gasteiger partial charge is 0.493 e. The smallest absolute Gasteiger partial charge is 0.410 e. The standard InChI is InChI=1S/C27H45N3O5/c1-8-20-10-11-21(14-24(20)34-13-9-12-33-7)25(31)30(19(2)3)18-23-17-29(16-22(23)15-28)26(32)35-27(4,5)6/h10-11,14,19,22-23H,8-9,12-13,15-18,28H2,1-7H3/t22-,23+/m1/s1. The molecule has 0 bridgehead atoms. The van der Waals surface area contributed by atoms with Crippen molar-refractivity contribution in [3.8, 4) is 5.75 Å². The van der Waals surface area contributed by atoms with Crippen LogP contribution >= 0.6 is 0 Å². The summed E-state index contributed by atoms with van der Waals surface area (Å²) in [5, 5.41) is 0. The van der Waals surface area contributed by atoms with Crippen molar-refractivity contribution in [1.82, 2.24) is 9.80 Å². The summed E-state index contributed by atoms with van der Waals surface area (Å²) in [6.45, 7) is 14.9. The minimum atomic E-state index is -0.554. The van der Waals surface area contributed by atoms with Crippen LogP contribution in [0.15, 0.2) is 18.2 Å². The maximum Gasteiger partial charge on any atom is 0.410 e. The number of nitrogens with two attached hydrogens (primary N) is 1. The van der Waals surface area contributed by atoms with Crippen LogP contribution in [0, 0.1) is 11.8 Å². The van der Waals surface area contributed by atoms with E-state index < -0.39 is 5.60 Å². The van der Waals surface area contributed by atoms with E-state index in [0.717, 1.165) is 24.2 Å². The van der Waals surface area contributed by atoms with Crippen molar-refractivity contribution in [2.24, 2.45) is 17.6 Å². The third kappa shape index (κ3) is 8.39. The van der Waals surface area contributed by atoms with Gasteiger partial charge in [0.1, 0.15) is 11.4 Å². The fraction of sp³-hybridized carbons (Fsp3) is 0.704. The summed E-state index contributed by atoms with van der Waals surface area (Å²) in [4.78, 5) is 29.8. The summed E-state index contributed by atoms with van der Waals surface area (Å²) >= 11 is 0. The number of hydrogen-bond donors (Lipinski definition) is 1. The Kier molecular flexibility index (Phi) is 10.8. The molecule has 2 atom stereocenters. The highest BCUT2D eigenvalue weighted by Gasteiger charge is 2.38. The van der Waals surface area contributed by atoms with Crippen LogP contribution in [0.3, 0.4) is 0 Å². The number of carbonyl (C=O) groups excluding carboxylic acids is 2. The highest BCUT2D eigenvalue weighted by molar-refractivity contribution is 5.95. The predicted octanol–water partition coefficient (Wildman–Crippen LogP) is 3.96. The molecule has 0 radical (unpaired) electrons. The number of ether oxygens (including phenoxy) is 3. The molecule has 0 spiro atoms. The minimum absolute atomic E-state index is 0.00609. The van der Waals surface area contributed by atoms with E-state index in [1.54, 1.807) is 12.0 Å². The first kappa shape index (κ1) is 28.9. The number of methoxy groups -OCH3 is 1. The zero-order chi connectivity index (χ0) is 26.2. The van der Waals surface area contributed by atoms with Crippen molar-refractivity contribution in [3.63, 3.8) is 0 Å². The first-order chi connectivity index (χ1) is 16.5. The summed E-state index contributed by atoms with van der Waals surface area (Å²) in [6.07, 6.45) is 1.28. The lowest BCUT2D eigenvalue weighted by Gasteiger charge is -2.31. The van der Waals surface area contributed by atoms with Gasteiger partial charge in [0.15, 0.2) is 0 Å². The van der Waals surface area contributed by atoms with Gasteiger partial charge in [-0.1, -0.05) is 13.0 Å². The van der Waals surface area contributed by atoms with E-state index in [4.69, 9.17) is 19.9 Å². The molecule has 1 aromatic rings. The Morgan fingerprint density at radius 2 is 1.86 bits per heavy atom. The molecule has 198 valence electrons. The fourth-order valence-electron chi connectivity index (χ4n) is 4.33. The topological polar surface area (TPSA) is 94.3 Å². The second-order valence-corrected chi connectivity index (χ2v) is 10.6. The molecule has 35 heavy (non-hydrogen) atoms. The number of amides is 2. The summed E-state index contributed by atoms with van der Waals surface area (Å²) in [5.74, 6) is 0.892. The van der Waals surface area contributed by atoms with Gasteiger partial charge in [0.25, 0.3) is 5.91 Å². The Morgan fingerprint density at radius 3 is 2.43 bits per heavy atom. The molecule has 1 aromatic carbocycles. The quantitative estimate of drug-likeness (QED) is 0.471. The number of nitrogens with zero attached hydrogens (tertiary/aromatic N) is 2. The summed E-state index contributed by atoms with van der Waals surface area (Å²) in [7, 11) is 1.67. The van der Waals surface area contributed by atoms with Crippen LogP contribution in [0.5, 0.6) is 5.75 Å². The van der Waals surface area contributed by atoms with Gasteiger partial charge < -0.3 is 29.7 Å². The van der Waals surface area contributed by atoms with Gasteiger partial charge in [0, 0.05) is 51.4 Å². The Hall–Kier alpha value is -2.32. The predicted molar refractivity (Wildman–Crippen MR) is 138 cm³/mol. The van der Waals surface area contributed by atoms with E-state index in [0.29, 0.717) is 45.0 Å². The molecule has 0 aliphatic carbocycles. The van der Waals surface area contributed by atoms with Gasteiger partial charge in [0.05, 0.1) is 6.61 Å². The molecule has 2 amide bonds. The Labute approximate surface area is 211 Å². The van der Waals surface area contributed by atoms with Gasteiger partial charge in [-0.2, -0.15) is 0 Å². The monoisotopic (exact) mass is 491 g/mol. The van der Waals surface area contributed by atoms with Crippen LogP contribution in [-0.4, -0.2) is 79.9 Å². The second kappa shape index (κ2) is 13.1. The summed E-state index contributed by atoms with van der Waals surface area (Å²) in [6, 6.07) is 5.69. The average molecular weight is 492 g/mol. The lowest BCUT2D eigenvalue weighted by molar-refractivity contribution is 0.0282. The molecule has 2 N–H and O–H groups in total. The number of likely N-dealkylation sites (tertiary alicyclic amines) is 1. The molecule has 0 saturated carbocycles. The first-order valence-corrected chi connectivity index (χ1v) is 12.7. The van der Waals surface area contributed by atoms with Gasteiger partial charge >= 0.3 is 6.09 Å². The first-order valence-electron chi connectivity index (χ1n) is 12.7. The third-order valence-electron chi connectivity index (χ3n) is 6.29. The number of carbonyl (C=O) groups is 2. The van der Waals surface area contributed by atoms with Crippen LogP contribution in [-0.2, 0) is 15.9 Å². The molecule has 0 aromatic heterocycles. The van der Waals surface area contributed by atoms with E-state index in [2.05, 4.69) is 6.92 Å². The third-order valence-corrected chi connectivity index (χ3v) is 6.29. The van der Waals surface area contributed by atoms with E-state index >= 15 is 0 Å². The van der Waals surface area contributed by atoms with Crippen LogP contribution in [0.1, 0.15) is 63.9 Å². The maximum atomic E-state index is 13.6. The van der Waals surface area contributed by atoms with E-state index in [9.17, 15) is 9.59 Å². The molecule has 1 saturated heterocycles. The van der Waals surface area contributed by atoms with E-state index in [1.165, 1.54) is 0 Å². The van der Waals surface area contributed by atoms with E-state index in [-0.39, 0.29) is 29.9 Å². The van der Waals surface area contributed by atoms with Crippen LogP contribution in [0.25, 0.3) is 0 Å². The van der Waals surface area contributed by atoms with Crippen molar-refractivity contribution in [2.75, 3.05) is 46.5 Å². The van der Waals surface area contributed by atoms with E-state index in [1.807, 2.05) is 57.7 Å². The normalized spacial score (nSPS) is 18.1. The highest BCUT2D eigenvalue weighted by Crippen LogP contribution is 2.28. The molecule has 1 aliphatic rings. The Morgan fingerprint density at radius 1 is 1.17 bits per heavy atom. The number of benzene rings is 1. The van der Waals surface area contributed by atoms with Gasteiger partial charge in [-0.25, -0.2) is 4.79 Å². The summed E-state index contributed by atoms with van der Waals surface area (Å²) < 4.78 is 16.6. The second-order valence-electron chi connectivity index (χ2n) is 10.6. The van der Waals surface area contributed by atoms with Gasteiger partial charge in [-0.05, 0) is 77.1 Å².